The lowest BCUT2D eigenvalue weighted by atomic mass is 10.0. The highest BCUT2D eigenvalue weighted by atomic mass is 16.5. The van der Waals surface area contributed by atoms with E-state index >= 15 is 0 Å². The number of hydrogen-bond donors (Lipinski definition) is 1. The Labute approximate surface area is 146 Å². The van der Waals surface area contributed by atoms with Crippen molar-refractivity contribution in [1.82, 2.24) is 5.32 Å². The number of fused-ring (bicyclic) bond motifs is 1. The first-order chi connectivity index (χ1) is 12.2. The predicted molar refractivity (Wildman–Crippen MR) is 94.5 cm³/mol. The molecule has 0 fully saturated rings. The van der Waals surface area contributed by atoms with Gasteiger partial charge in [0.25, 0.3) is 0 Å². The lowest BCUT2D eigenvalue weighted by molar-refractivity contribution is 0.0933. The van der Waals surface area contributed by atoms with E-state index in [0.29, 0.717) is 30.9 Å². The summed E-state index contributed by atoms with van der Waals surface area (Å²) >= 11 is 0. The fraction of sp³-hybridized carbons (Fsp3) is 0.200. The number of alkyl carbamates (subject to hydrolysis) is 1. The molecule has 5 heteroatoms. The first kappa shape index (κ1) is 16.8. The Morgan fingerprint density at radius 2 is 2.04 bits per heavy atom. The summed E-state index contributed by atoms with van der Waals surface area (Å²) in [4.78, 5) is 23.5. The maximum atomic E-state index is 11.9. The maximum absolute atomic E-state index is 11.9. The minimum absolute atomic E-state index is 0.0964. The van der Waals surface area contributed by atoms with Gasteiger partial charge in [-0.2, -0.15) is 0 Å². The largest absolute Gasteiger partial charge is 0.492 e. The van der Waals surface area contributed by atoms with Crippen molar-refractivity contribution >= 4 is 18.0 Å². The number of carbonyl (C=O) groups is 2. The lowest BCUT2D eigenvalue weighted by Crippen LogP contribution is -2.24. The molecule has 0 aromatic heterocycles. The van der Waals surface area contributed by atoms with Crippen LogP contribution in [-0.2, 0) is 11.3 Å². The van der Waals surface area contributed by atoms with Gasteiger partial charge in [0.05, 0.1) is 12.2 Å². The molecule has 1 heterocycles. The Morgan fingerprint density at radius 1 is 1.20 bits per heavy atom. The highest BCUT2D eigenvalue weighted by molar-refractivity contribution is 6.00. The molecule has 0 aliphatic carbocycles. The first-order valence-electron chi connectivity index (χ1n) is 8.13. The molecule has 5 nitrogen and oxygen atoms in total. The maximum Gasteiger partial charge on any atom is 0.407 e. The highest BCUT2D eigenvalue weighted by Crippen LogP contribution is 2.25. The van der Waals surface area contributed by atoms with Crippen molar-refractivity contribution in [3.05, 3.63) is 71.3 Å². The Bertz CT molecular complexity index is 784. The van der Waals surface area contributed by atoms with Crippen molar-refractivity contribution in [2.24, 2.45) is 0 Å². The van der Waals surface area contributed by atoms with Crippen LogP contribution in [0.3, 0.4) is 0 Å². The van der Waals surface area contributed by atoms with Gasteiger partial charge in [0, 0.05) is 13.0 Å². The van der Waals surface area contributed by atoms with Gasteiger partial charge in [-0.25, -0.2) is 4.79 Å². The molecule has 3 rings (SSSR count). The van der Waals surface area contributed by atoms with Crippen LogP contribution >= 0.6 is 0 Å². The number of amides is 1. The van der Waals surface area contributed by atoms with Gasteiger partial charge in [-0.05, 0) is 23.3 Å². The minimum atomic E-state index is -0.470. The monoisotopic (exact) mass is 337 g/mol. The second-order valence-corrected chi connectivity index (χ2v) is 5.62. The smallest absolute Gasteiger partial charge is 0.407 e. The van der Waals surface area contributed by atoms with Crippen LogP contribution in [0.1, 0.15) is 27.9 Å². The van der Waals surface area contributed by atoms with Gasteiger partial charge >= 0.3 is 6.09 Å². The van der Waals surface area contributed by atoms with Gasteiger partial charge in [0.2, 0.25) is 0 Å². The first-order valence-corrected chi connectivity index (χ1v) is 8.13. The van der Waals surface area contributed by atoms with Gasteiger partial charge in [-0.3, -0.25) is 4.79 Å². The zero-order valence-corrected chi connectivity index (χ0v) is 13.7. The third kappa shape index (κ3) is 4.70. The van der Waals surface area contributed by atoms with Gasteiger partial charge < -0.3 is 14.8 Å². The molecule has 1 aliphatic rings. The number of ketones is 1. The molecule has 0 spiro atoms. The number of ether oxygens (including phenoxy) is 2. The molecule has 2 aromatic carbocycles. The van der Waals surface area contributed by atoms with Crippen LogP contribution in [0.2, 0.25) is 0 Å². The Kier molecular flexibility index (Phi) is 5.46. The van der Waals surface area contributed by atoms with E-state index in [-0.39, 0.29) is 12.4 Å². The Morgan fingerprint density at radius 3 is 2.88 bits per heavy atom. The number of hydrogen-bond acceptors (Lipinski definition) is 4. The zero-order chi connectivity index (χ0) is 17.5. The average molecular weight is 337 g/mol. The molecule has 0 unspecified atom stereocenters. The summed E-state index contributed by atoms with van der Waals surface area (Å²) in [6, 6.07) is 15.0. The number of benzene rings is 2. The van der Waals surface area contributed by atoms with Gasteiger partial charge in [0.15, 0.2) is 5.78 Å². The van der Waals surface area contributed by atoms with Crippen LogP contribution in [0.15, 0.2) is 54.6 Å². The molecule has 0 radical (unpaired) electrons. The molecule has 0 bridgehead atoms. The van der Waals surface area contributed by atoms with Crippen LogP contribution in [0.5, 0.6) is 5.75 Å². The lowest BCUT2D eigenvalue weighted by Gasteiger charge is -2.16. The molecule has 0 saturated carbocycles. The Hall–Kier alpha value is -3.08. The van der Waals surface area contributed by atoms with E-state index in [1.54, 1.807) is 18.2 Å². The fourth-order valence-corrected chi connectivity index (χ4v) is 2.49. The number of carbonyl (C=O) groups excluding carboxylic acids is 2. The van der Waals surface area contributed by atoms with E-state index in [1.807, 2.05) is 42.5 Å². The zero-order valence-electron chi connectivity index (χ0n) is 13.7. The molecule has 1 amide bonds. The molecule has 0 saturated heterocycles. The van der Waals surface area contributed by atoms with Crippen molar-refractivity contribution in [2.75, 3.05) is 13.2 Å². The van der Waals surface area contributed by atoms with E-state index < -0.39 is 6.09 Å². The molecular formula is C20H19NO4. The molecule has 128 valence electrons. The van der Waals surface area contributed by atoms with Crippen molar-refractivity contribution in [2.45, 2.75) is 13.0 Å². The van der Waals surface area contributed by atoms with Crippen molar-refractivity contribution in [3.8, 4) is 5.75 Å². The summed E-state index contributed by atoms with van der Waals surface area (Å²) in [6.07, 6.45) is 3.59. The average Bonchev–Trinajstić information content (AvgIpc) is 2.65. The van der Waals surface area contributed by atoms with Crippen LogP contribution in [0.4, 0.5) is 4.79 Å². The number of nitrogens with one attached hydrogen (secondary N) is 1. The quantitative estimate of drug-likeness (QED) is 0.905. The van der Waals surface area contributed by atoms with E-state index in [1.165, 1.54) is 0 Å². The topological polar surface area (TPSA) is 64.6 Å². The Balaban J connectivity index is 1.46. The molecule has 25 heavy (non-hydrogen) atoms. The number of Topliss-reactive ketones (excluding diaryl/α,β-unsaturated/α-hetero) is 1. The van der Waals surface area contributed by atoms with Crippen LogP contribution in [0.25, 0.3) is 6.08 Å². The summed E-state index contributed by atoms with van der Waals surface area (Å²) in [5.41, 5.74) is 2.44. The van der Waals surface area contributed by atoms with E-state index in [9.17, 15) is 9.59 Å². The molecule has 0 atom stereocenters. The van der Waals surface area contributed by atoms with Gasteiger partial charge in [-0.1, -0.05) is 48.6 Å². The van der Waals surface area contributed by atoms with Gasteiger partial charge in [-0.15, -0.1) is 0 Å². The number of rotatable bonds is 5. The van der Waals surface area contributed by atoms with E-state index in [2.05, 4.69) is 5.32 Å². The normalized spacial score (nSPS) is 13.2. The minimum Gasteiger partial charge on any atom is -0.492 e. The van der Waals surface area contributed by atoms with E-state index in [4.69, 9.17) is 9.47 Å². The second-order valence-electron chi connectivity index (χ2n) is 5.62. The predicted octanol–water partition coefficient (Wildman–Crippen LogP) is 3.59. The van der Waals surface area contributed by atoms with Crippen molar-refractivity contribution in [1.29, 1.82) is 0 Å². The third-order valence-electron chi connectivity index (χ3n) is 3.78. The van der Waals surface area contributed by atoms with Crippen LogP contribution in [0, 0.1) is 0 Å². The summed E-state index contributed by atoms with van der Waals surface area (Å²) in [5.74, 6) is 0.732. The second kappa shape index (κ2) is 8.15. The van der Waals surface area contributed by atoms with Gasteiger partial charge in [0.1, 0.15) is 12.4 Å². The summed E-state index contributed by atoms with van der Waals surface area (Å²) in [5, 5.41) is 2.65. The molecule has 1 N–H and O–H groups in total. The van der Waals surface area contributed by atoms with Crippen LogP contribution in [-0.4, -0.2) is 25.0 Å². The van der Waals surface area contributed by atoms with Crippen molar-refractivity contribution in [3.63, 3.8) is 0 Å². The molecule has 1 aliphatic heterocycles. The van der Waals surface area contributed by atoms with Crippen molar-refractivity contribution < 1.29 is 19.1 Å². The van der Waals surface area contributed by atoms with Crippen LogP contribution < -0.4 is 10.1 Å². The molecule has 2 aromatic rings. The van der Waals surface area contributed by atoms with E-state index in [0.717, 1.165) is 11.1 Å². The SMILES string of the molecule is O=C(NCC=Cc1ccc2c(c1)C(=O)CCO2)OCc1ccccc1. The fourth-order valence-electron chi connectivity index (χ4n) is 2.49. The summed E-state index contributed by atoms with van der Waals surface area (Å²) in [7, 11) is 0. The third-order valence-corrected chi connectivity index (χ3v) is 3.78. The summed E-state index contributed by atoms with van der Waals surface area (Å²) < 4.78 is 10.6. The summed E-state index contributed by atoms with van der Waals surface area (Å²) in [6.45, 7) is 1.02. The highest BCUT2D eigenvalue weighted by Gasteiger charge is 2.17. The standard InChI is InChI=1S/C20H19NO4/c22-18-10-12-24-19-9-8-15(13-17(18)19)7-4-11-21-20(23)25-14-16-5-2-1-3-6-16/h1-9,13H,10-12,14H2,(H,21,23). The molecular weight excluding hydrogens is 318 g/mol.